The van der Waals surface area contributed by atoms with Gasteiger partial charge >= 0.3 is 5.88 Å². The molecule has 0 bridgehead atoms. The van der Waals surface area contributed by atoms with Crippen LogP contribution in [0.1, 0.15) is 23.8 Å². The van der Waals surface area contributed by atoms with Gasteiger partial charge in [0, 0.05) is 17.0 Å². The third-order valence-electron chi connectivity index (χ3n) is 3.91. The number of benzene rings is 1. The van der Waals surface area contributed by atoms with Crippen molar-refractivity contribution in [3.8, 4) is 23.3 Å². The highest BCUT2D eigenvalue weighted by Gasteiger charge is 2.22. The van der Waals surface area contributed by atoms with Gasteiger partial charge in [-0.25, -0.2) is 4.98 Å². The van der Waals surface area contributed by atoms with Crippen LogP contribution in [0, 0.1) is 27.6 Å². The van der Waals surface area contributed by atoms with Crippen LogP contribution in [0.3, 0.4) is 0 Å². The summed E-state index contributed by atoms with van der Waals surface area (Å²) in [6.07, 6.45) is 0. The largest absolute Gasteiger partial charge is 0.870 e. The Morgan fingerprint density at radius 1 is 1.14 bits per heavy atom. The second-order valence-corrected chi connectivity index (χ2v) is 6.63. The lowest BCUT2D eigenvalue weighted by molar-refractivity contribution is -0.398. The lowest BCUT2D eigenvalue weighted by atomic mass is 9.97. The number of rotatable bonds is 7. The fourth-order valence-electron chi connectivity index (χ4n) is 2.72. The van der Waals surface area contributed by atoms with Crippen LogP contribution in [-0.2, 0) is 5.75 Å². The average molecular weight is 407 g/mol. The average Bonchev–Trinajstić information content (AvgIpc) is 3.20. The molecule has 0 fully saturated rings. The smallest absolute Gasteiger partial charge is 0.418 e. The first-order valence-electron chi connectivity index (χ1n) is 8.49. The molecule has 3 N–H and O–H groups in total. The highest BCUT2D eigenvalue weighted by atomic mass is 32.2. The Morgan fingerprint density at radius 3 is 2.45 bits per heavy atom. The van der Waals surface area contributed by atoms with Crippen LogP contribution < -0.4 is 10.5 Å². The molecule has 0 unspecified atom stereocenters. The van der Waals surface area contributed by atoms with E-state index in [0.717, 1.165) is 5.56 Å². The maximum atomic E-state index is 10.7. The lowest BCUT2D eigenvalue weighted by Gasteiger charge is -2.15. The molecule has 146 valence electrons. The first-order valence-corrected chi connectivity index (χ1v) is 9.47. The first kappa shape index (κ1) is 21.6. The van der Waals surface area contributed by atoms with Gasteiger partial charge in [0.25, 0.3) is 0 Å². The van der Waals surface area contributed by atoms with Crippen molar-refractivity contribution in [2.24, 2.45) is 0 Å². The molecule has 0 saturated heterocycles. The van der Waals surface area contributed by atoms with E-state index in [2.05, 4.69) is 22.4 Å². The Labute approximate surface area is 171 Å². The van der Waals surface area contributed by atoms with E-state index >= 15 is 0 Å². The summed E-state index contributed by atoms with van der Waals surface area (Å²) in [5, 5.41) is 24.9. The van der Waals surface area contributed by atoms with Crippen molar-refractivity contribution in [2.75, 3.05) is 11.9 Å². The maximum absolute atomic E-state index is 10.7. The minimum atomic E-state index is 0. The number of pyridine rings is 1. The van der Waals surface area contributed by atoms with Gasteiger partial charge in [-0.3, -0.25) is 0 Å². The number of nitriles is 2. The minimum Gasteiger partial charge on any atom is -0.870 e. The van der Waals surface area contributed by atoms with E-state index in [1.807, 2.05) is 37.3 Å². The molecule has 9 heteroatoms. The van der Waals surface area contributed by atoms with Gasteiger partial charge in [0.2, 0.25) is 0 Å². The zero-order chi connectivity index (χ0) is 19.9. The Hall–Kier alpha value is -3.66. The predicted molar refractivity (Wildman–Crippen MR) is 107 cm³/mol. The molecule has 0 atom stereocenters. The van der Waals surface area contributed by atoms with Gasteiger partial charge < -0.3 is 15.2 Å². The predicted octanol–water partition coefficient (Wildman–Crippen LogP) is 3.11. The molecule has 3 rings (SSSR count). The summed E-state index contributed by atoms with van der Waals surface area (Å²) in [5.74, 6) is 1.52. The molecular formula is C20H17N5O3S. The fraction of sp³-hybridized carbons (Fsp3) is 0.150. The van der Waals surface area contributed by atoms with Gasteiger partial charge in [0.1, 0.15) is 34.3 Å². The zero-order valence-electron chi connectivity index (χ0n) is 15.5. The summed E-state index contributed by atoms with van der Waals surface area (Å²) >= 11 is 1.31. The molecule has 0 radical (unpaired) electrons. The highest BCUT2D eigenvalue weighted by Crippen LogP contribution is 2.37. The van der Waals surface area contributed by atoms with E-state index < -0.39 is 0 Å². The maximum Gasteiger partial charge on any atom is 0.418 e. The summed E-state index contributed by atoms with van der Waals surface area (Å²) in [7, 11) is 0. The Bertz CT molecular complexity index is 1080. The number of nitrogens with one attached hydrogen (secondary N) is 2. The van der Waals surface area contributed by atoms with Crippen molar-refractivity contribution < 1.29 is 15.1 Å². The molecule has 3 aromatic rings. The summed E-state index contributed by atoms with van der Waals surface area (Å²) in [4.78, 5) is 15.2. The van der Waals surface area contributed by atoms with E-state index in [1.165, 1.54) is 11.8 Å². The van der Waals surface area contributed by atoms with Gasteiger partial charge in [-0.05, 0) is 18.6 Å². The SMILES string of the molecule is CCNc1nc(SCc2ccc([NH+]=O)o2)c(C#N)c(-c2ccccc2)c1C#N.[OH-]. The second kappa shape index (κ2) is 10.0. The first-order chi connectivity index (χ1) is 13.7. The van der Waals surface area contributed by atoms with Gasteiger partial charge in [0.05, 0.1) is 22.6 Å². The van der Waals surface area contributed by atoms with Crippen LogP contribution in [0.15, 0.2) is 51.9 Å². The summed E-state index contributed by atoms with van der Waals surface area (Å²) < 4.78 is 5.34. The number of thioether (sulfide) groups is 1. The molecule has 0 saturated carbocycles. The van der Waals surface area contributed by atoms with Gasteiger partial charge in [-0.1, -0.05) is 42.1 Å². The topological polar surface area (TPSA) is 147 Å². The van der Waals surface area contributed by atoms with Crippen molar-refractivity contribution in [1.82, 2.24) is 4.98 Å². The van der Waals surface area contributed by atoms with E-state index in [1.54, 1.807) is 17.3 Å². The third-order valence-corrected chi connectivity index (χ3v) is 4.91. The van der Waals surface area contributed by atoms with Crippen LogP contribution in [-0.4, -0.2) is 17.0 Å². The molecular weight excluding hydrogens is 390 g/mol. The molecule has 8 nitrogen and oxygen atoms in total. The number of furan rings is 1. The Morgan fingerprint density at radius 2 is 1.86 bits per heavy atom. The van der Waals surface area contributed by atoms with Crippen LogP contribution >= 0.6 is 11.8 Å². The molecule has 0 aliphatic carbocycles. The molecule has 2 aromatic heterocycles. The van der Waals surface area contributed by atoms with Gasteiger partial charge in [-0.15, -0.1) is 0 Å². The molecule has 2 heterocycles. The van der Waals surface area contributed by atoms with E-state index in [0.29, 0.717) is 45.6 Å². The Balaban J connectivity index is 0.00000300. The second-order valence-electron chi connectivity index (χ2n) is 5.67. The van der Waals surface area contributed by atoms with Crippen molar-refractivity contribution in [3.63, 3.8) is 0 Å². The van der Waals surface area contributed by atoms with Crippen molar-refractivity contribution >= 4 is 23.5 Å². The number of hydrogen-bond acceptors (Lipinski definition) is 8. The lowest BCUT2D eigenvalue weighted by Crippen LogP contribution is -2.55. The molecule has 29 heavy (non-hydrogen) atoms. The summed E-state index contributed by atoms with van der Waals surface area (Å²) in [6, 6.07) is 16.9. The van der Waals surface area contributed by atoms with E-state index in [9.17, 15) is 15.4 Å². The number of aromatic nitrogens is 1. The molecule has 0 aliphatic heterocycles. The number of anilines is 1. The van der Waals surface area contributed by atoms with E-state index in [-0.39, 0.29) is 11.4 Å². The summed E-state index contributed by atoms with van der Waals surface area (Å²) in [5.41, 5.74) is 2.00. The van der Waals surface area contributed by atoms with Crippen LogP contribution in [0.2, 0.25) is 0 Å². The number of nitroso groups, excluding NO2 is 1. The molecule has 0 aliphatic rings. The van der Waals surface area contributed by atoms with Gasteiger partial charge in [0.15, 0.2) is 0 Å². The van der Waals surface area contributed by atoms with Crippen molar-refractivity contribution in [3.05, 3.63) is 64.3 Å². The van der Waals surface area contributed by atoms with Crippen molar-refractivity contribution in [2.45, 2.75) is 17.7 Å². The standard InChI is InChI=1S/C20H15N5O2S.H2O/c1-2-23-19-15(10-21)18(13-6-4-3-5-7-13)16(11-22)20(24-19)28-12-14-8-9-17(25-26)27-14;/h3-9H,2,12H2,1H3,(H,23,24);1H2. The zero-order valence-corrected chi connectivity index (χ0v) is 16.3. The monoisotopic (exact) mass is 407 g/mol. The molecule has 0 amide bonds. The number of nitrogens with zero attached hydrogens (tertiary/aromatic N) is 3. The third kappa shape index (κ3) is 4.61. The highest BCUT2D eigenvalue weighted by molar-refractivity contribution is 7.98. The van der Waals surface area contributed by atoms with E-state index in [4.69, 9.17) is 4.42 Å². The quantitative estimate of drug-likeness (QED) is 0.568. The van der Waals surface area contributed by atoms with Crippen molar-refractivity contribution in [1.29, 1.82) is 10.5 Å². The summed E-state index contributed by atoms with van der Waals surface area (Å²) in [6.45, 7) is 2.50. The molecule has 1 aromatic carbocycles. The van der Waals surface area contributed by atoms with Gasteiger partial charge in [-0.2, -0.15) is 10.5 Å². The number of hydrogen-bond donors (Lipinski definition) is 2. The van der Waals surface area contributed by atoms with Crippen LogP contribution in [0.5, 0.6) is 0 Å². The minimum absolute atomic E-state index is 0. The van der Waals surface area contributed by atoms with Crippen LogP contribution in [0.25, 0.3) is 11.1 Å². The Kier molecular flexibility index (Phi) is 7.49. The van der Waals surface area contributed by atoms with Crippen LogP contribution in [0.4, 0.5) is 11.7 Å². The normalized spacial score (nSPS) is 9.76. The molecule has 0 spiro atoms. The fourth-order valence-corrected chi connectivity index (χ4v) is 3.60.